The highest BCUT2D eigenvalue weighted by molar-refractivity contribution is 5.13. The number of ether oxygens (including phenoxy) is 4. The minimum absolute atomic E-state index is 0.156. The van der Waals surface area contributed by atoms with Crippen molar-refractivity contribution in [3.05, 3.63) is 35.9 Å². The van der Waals surface area contributed by atoms with Gasteiger partial charge in [-0.25, -0.2) is 0 Å². The molecule has 2 heterocycles. The molecule has 170 valence electrons. The second-order valence-electron chi connectivity index (χ2n) is 7.38. The number of aliphatic hydroxyl groups is 7. The molecule has 1 aromatic carbocycles. The first-order valence-electron chi connectivity index (χ1n) is 9.57. The molecule has 2 fully saturated rings. The summed E-state index contributed by atoms with van der Waals surface area (Å²) in [6.07, 6.45) is -12.3. The number of hydrogen-bond acceptors (Lipinski definition) is 11. The van der Waals surface area contributed by atoms with E-state index < -0.39 is 68.0 Å². The molecule has 11 heteroatoms. The van der Waals surface area contributed by atoms with Gasteiger partial charge in [-0.2, -0.15) is 0 Å². The highest BCUT2D eigenvalue weighted by Crippen LogP contribution is 2.36. The molecule has 7 N–H and O–H groups in total. The molecule has 1 aromatic rings. The van der Waals surface area contributed by atoms with E-state index >= 15 is 0 Å². The fourth-order valence-electron chi connectivity index (χ4n) is 3.49. The van der Waals surface area contributed by atoms with Gasteiger partial charge in [0.15, 0.2) is 6.29 Å². The Morgan fingerprint density at radius 1 is 0.867 bits per heavy atom. The Bertz CT molecular complexity index is 661. The van der Waals surface area contributed by atoms with E-state index in [0.717, 1.165) is 5.56 Å². The van der Waals surface area contributed by atoms with Gasteiger partial charge in [0.2, 0.25) is 5.79 Å². The molecule has 3 rings (SSSR count). The van der Waals surface area contributed by atoms with Crippen molar-refractivity contribution in [1.82, 2.24) is 0 Å². The van der Waals surface area contributed by atoms with E-state index in [2.05, 4.69) is 0 Å². The molecular formula is C19H28O11. The maximum absolute atomic E-state index is 10.2. The van der Waals surface area contributed by atoms with Crippen LogP contribution >= 0.6 is 0 Å². The zero-order valence-electron chi connectivity index (χ0n) is 16.1. The molecule has 0 amide bonds. The first-order valence-corrected chi connectivity index (χ1v) is 9.57. The van der Waals surface area contributed by atoms with Crippen molar-refractivity contribution in [3.8, 4) is 0 Å². The summed E-state index contributed by atoms with van der Waals surface area (Å²) in [6.45, 7) is -1.54. The van der Waals surface area contributed by atoms with Crippen LogP contribution in [0.1, 0.15) is 5.56 Å². The van der Waals surface area contributed by atoms with Gasteiger partial charge in [-0.3, -0.25) is 0 Å². The van der Waals surface area contributed by atoms with Crippen LogP contribution in [0.5, 0.6) is 0 Å². The summed E-state index contributed by atoms with van der Waals surface area (Å²) in [5.74, 6) is -2.21. The summed E-state index contributed by atoms with van der Waals surface area (Å²) in [4.78, 5) is 0. The maximum Gasteiger partial charge on any atom is 0.224 e. The van der Waals surface area contributed by atoms with Crippen molar-refractivity contribution in [2.45, 2.75) is 61.4 Å². The first kappa shape index (κ1) is 23.4. The van der Waals surface area contributed by atoms with Crippen molar-refractivity contribution >= 4 is 0 Å². The van der Waals surface area contributed by atoms with E-state index in [1.54, 1.807) is 0 Å². The second-order valence-corrected chi connectivity index (χ2v) is 7.38. The molecule has 30 heavy (non-hydrogen) atoms. The van der Waals surface area contributed by atoms with Crippen LogP contribution in [0.2, 0.25) is 0 Å². The predicted molar refractivity (Wildman–Crippen MR) is 97.7 cm³/mol. The summed E-state index contributed by atoms with van der Waals surface area (Å²) >= 11 is 0. The van der Waals surface area contributed by atoms with Gasteiger partial charge < -0.3 is 54.7 Å². The molecule has 2 aliphatic heterocycles. The third-order valence-corrected chi connectivity index (χ3v) is 5.28. The lowest BCUT2D eigenvalue weighted by molar-refractivity contribution is -0.384. The van der Waals surface area contributed by atoms with E-state index in [4.69, 9.17) is 18.9 Å². The fourth-order valence-corrected chi connectivity index (χ4v) is 3.49. The van der Waals surface area contributed by atoms with Crippen molar-refractivity contribution in [2.24, 2.45) is 0 Å². The number of aliphatic hydroxyl groups excluding tert-OH is 7. The molecular weight excluding hydrogens is 404 g/mol. The van der Waals surface area contributed by atoms with Crippen LogP contribution in [-0.4, -0.2) is 110 Å². The maximum atomic E-state index is 10.2. The van der Waals surface area contributed by atoms with E-state index in [-0.39, 0.29) is 13.2 Å². The Morgan fingerprint density at radius 3 is 2.17 bits per heavy atom. The molecule has 0 bridgehead atoms. The minimum atomic E-state index is -2.21. The standard InChI is InChI=1S/C19H28O11/c20-6-11-14(23)17(26)19(9-21,29-11)30-18-16(25)15(24)13(22)12(28-18)8-27-7-10-4-2-1-3-5-10/h1-5,11-18,20-26H,6-9H2/t11-,12-,13-,14-,15+,16-,17+,18-,19+/m1/s1. The van der Waals surface area contributed by atoms with Gasteiger partial charge in [0.05, 0.1) is 19.8 Å². The molecule has 2 saturated heterocycles. The van der Waals surface area contributed by atoms with Crippen LogP contribution in [0.15, 0.2) is 30.3 Å². The first-order chi connectivity index (χ1) is 14.3. The lowest BCUT2D eigenvalue weighted by Gasteiger charge is -2.43. The zero-order chi connectivity index (χ0) is 21.9. The lowest BCUT2D eigenvalue weighted by Crippen LogP contribution is -2.62. The van der Waals surface area contributed by atoms with Crippen molar-refractivity contribution in [3.63, 3.8) is 0 Å². The largest absolute Gasteiger partial charge is 0.394 e. The van der Waals surface area contributed by atoms with Gasteiger partial charge in [-0.05, 0) is 5.56 Å². The Balaban J connectivity index is 1.66. The van der Waals surface area contributed by atoms with Gasteiger partial charge in [0, 0.05) is 0 Å². The van der Waals surface area contributed by atoms with Crippen molar-refractivity contribution in [1.29, 1.82) is 0 Å². The van der Waals surface area contributed by atoms with E-state index in [0.29, 0.717) is 0 Å². The normalized spacial score (nSPS) is 41.8. The van der Waals surface area contributed by atoms with E-state index in [1.807, 2.05) is 30.3 Å². The van der Waals surface area contributed by atoms with Crippen molar-refractivity contribution < 1.29 is 54.7 Å². The Kier molecular flexibility index (Phi) is 7.76. The van der Waals surface area contributed by atoms with Crippen LogP contribution in [-0.2, 0) is 25.6 Å². The third kappa shape index (κ3) is 4.66. The highest BCUT2D eigenvalue weighted by atomic mass is 16.8. The highest BCUT2D eigenvalue weighted by Gasteiger charge is 2.58. The average molecular weight is 432 g/mol. The molecule has 11 nitrogen and oxygen atoms in total. The molecule has 2 aliphatic rings. The number of benzene rings is 1. The number of hydrogen-bond donors (Lipinski definition) is 7. The Hall–Kier alpha value is -1.22. The van der Waals surface area contributed by atoms with Crippen molar-refractivity contribution in [2.75, 3.05) is 19.8 Å². The quantitative estimate of drug-likeness (QED) is 0.220. The van der Waals surface area contributed by atoms with Crippen LogP contribution < -0.4 is 0 Å². The molecule has 0 aromatic heterocycles. The van der Waals surface area contributed by atoms with E-state index in [9.17, 15) is 35.7 Å². The van der Waals surface area contributed by atoms with Gasteiger partial charge in [-0.1, -0.05) is 30.3 Å². The van der Waals surface area contributed by atoms with Gasteiger partial charge in [0.1, 0.15) is 49.3 Å². The summed E-state index contributed by atoms with van der Waals surface area (Å²) in [6, 6.07) is 9.21. The Morgan fingerprint density at radius 2 is 1.57 bits per heavy atom. The summed E-state index contributed by atoms with van der Waals surface area (Å²) in [7, 11) is 0. The SMILES string of the molecule is OC[C@H]1O[C@@](CO)(O[C@H]2O[C@H](COCc3ccccc3)[C@@H](O)[C@H](O)[C@H]2O)[C@@H](O)[C@@H]1O. The molecule has 0 radical (unpaired) electrons. The second kappa shape index (κ2) is 9.94. The monoisotopic (exact) mass is 432 g/mol. The van der Waals surface area contributed by atoms with Gasteiger partial charge in [-0.15, -0.1) is 0 Å². The molecule has 9 atom stereocenters. The third-order valence-electron chi connectivity index (χ3n) is 5.28. The molecule has 0 aliphatic carbocycles. The fraction of sp³-hybridized carbons (Fsp3) is 0.684. The summed E-state index contributed by atoms with van der Waals surface area (Å²) in [5, 5.41) is 69.8. The molecule has 0 spiro atoms. The zero-order valence-corrected chi connectivity index (χ0v) is 16.1. The lowest BCUT2D eigenvalue weighted by atomic mass is 9.99. The minimum Gasteiger partial charge on any atom is -0.394 e. The van der Waals surface area contributed by atoms with Crippen LogP contribution in [0.25, 0.3) is 0 Å². The predicted octanol–water partition coefficient (Wildman–Crippen LogP) is -3.17. The van der Waals surface area contributed by atoms with Crippen LogP contribution in [0.4, 0.5) is 0 Å². The van der Waals surface area contributed by atoms with Gasteiger partial charge >= 0.3 is 0 Å². The summed E-state index contributed by atoms with van der Waals surface area (Å²) in [5.41, 5.74) is 0.877. The average Bonchev–Trinajstić information content (AvgIpc) is 3.01. The van der Waals surface area contributed by atoms with Crippen LogP contribution in [0.3, 0.4) is 0 Å². The molecule has 0 saturated carbocycles. The molecule has 0 unspecified atom stereocenters. The van der Waals surface area contributed by atoms with Gasteiger partial charge in [0.25, 0.3) is 0 Å². The topological polar surface area (TPSA) is 179 Å². The smallest absolute Gasteiger partial charge is 0.224 e. The Labute approximate surface area is 172 Å². The summed E-state index contributed by atoms with van der Waals surface area (Å²) < 4.78 is 21.7. The van der Waals surface area contributed by atoms with E-state index in [1.165, 1.54) is 0 Å². The number of rotatable bonds is 8. The van der Waals surface area contributed by atoms with Crippen LogP contribution in [0, 0.1) is 0 Å².